The molecule has 4 aromatic heterocycles. The van der Waals surface area contributed by atoms with Gasteiger partial charge in [0.15, 0.2) is 11.5 Å². The third kappa shape index (κ3) is 3.93. The van der Waals surface area contributed by atoms with E-state index in [1.54, 1.807) is 18.5 Å². The van der Waals surface area contributed by atoms with Crippen LogP contribution < -0.4 is 16.6 Å². The summed E-state index contributed by atoms with van der Waals surface area (Å²) in [4.78, 5) is 13.6. The molecule has 30 heavy (non-hydrogen) atoms. The first-order valence-corrected chi connectivity index (χ1v) is 10.1. The molecule has 0 unspecified atom stereocenters. The van der Waals surface area contributed by atoms with Gasteiger partial charge in [0.2, 0.25) is 0 Å². The lowest BCUT2D eigenvalue weighted by Gasteiger charge is -2.08. The molecule has 0 aliphatic heterocycles. The highest BCUT2D eigenvalue weighted by Gasteiger charge is 2.14. The second-order valence-electron chi connectivity index (χ2n) is 6.79. The Morgan fingerprint density at radius 3 is 2.97 bits per heavy atom. The molecule has 8 nitrogen and oxygen atoms in total. The van der Waals surface area contributed by atoms with Crippen LogP contribution >= 0.6 is 11.5 Å². The van der Waals surface area contributed by atoms with E-state index in [9.17, 15) is 0 Å². The van der Waals surface area contributed by atoms with Gasteiger partial charge in [-0.3, -0.25) is 15.2 Å². The predicted molar refractivity (Wildman–Crippen MR) is 120 cm³/mol. The van der Waals surface area contributed by atoms with E-state index in [0.29, 0.717) is 17.9 Å². The number of pyridine rings is 1. The molecule has 0 aliphatic carbocycles. The lowest BCUT2D eigenvalue weighted by molar-refractivity contribution is 0.967. The van der Waals surface area contributed by atoms with Crippen molar-refractivity contribution in [1.29, 1.82) is 0 Å². The Bertz CT molecular complexity index is 1240. The zero-order chi connectivity index (χ0) is 21.1. The summed E-state index contributed by atoms with van der Waals surface area (Å²) < 4.78 is 6.53. The third-order valence-electron chi connectivity index (χ3n) is 4.63. The number of aromatic nitrogens is 5. The number of nitrogens with two attached hydrogens (primary N) is 1. The normalized spacial score (nSPS) is 11.6. The summed E-state index contributed by atoms with van der Waals surface area (Å²) in [6.07, 6.45) is 9.60. The van der Waals surface area contributed by atoms with Crippen LogP contribution in [0.3, 0.4) is 0 Å². The maximum absolute atomic E-state index is 5.45. The van der Waals surface area contributed by atoms with E-state index < -0.39 is 0 Å². The molecule has 0 aromatic carbocycles. The largest absolute Gasteiger partial charge is 0.331 e. The molecule has 0 saturated heterocycles. The number of fused-ring (bicyclic) bond motifs is 1. The van der Waals surface area contributed by atoms with Crippen LogP contribution in [0.1, 0.15) is 28.3 Å². The van der Waals surface area contributed by atoms with Crippen LogP contribution in [0.4, 0.5) is 10.8 Å². The van der Waals surface area contributed by atoms with Crippen LogP contribution in [0.25, 0.3) is 11.2 Å². The lowest BCUT2D eigenvalue weighted by Crippen LogP contribution is -2.14. The number of nitrogens with one attached hydrogen (secondary N) is 2. The van der Waals surface area contributed by atoms with Crippen molar-refractivity contribution in [3.05, 3.63) is 84.0 Å². The highest BCUT2D eigenvalue weighted by atomic mass is 32.1. The zero-order valence-electron chi connectivity index (χ0n) is 16.8. The SMILES string of the molecule is C=C/C(=C\NN)c1cnc2c(Nc3cc(Cc4ncccc4C)ns3)nc(C)cn12. The van der Waals surface area contributed by atoms with Gasteiger partial charge in [-0.25, -0.2) is 9.97 Å². The van der Waals surface area contributed by atoms with Crippen molar-refractivity contribution in [2.24, 2.45) is 5.84 Å². The van der Waals surface area contributed by atoms with Crippen molar-refractivity contribution < 1.29 is 0 Å². The van der Waals surface area contributed by atoms with Gasteiger partial charge in [-0.15, -0.1) is 0 Å². The van der Waals surface area contributed by atoms with Gasteiger partial charge in [-0.05, 0) is 43.1 Å². The number of hydrogen-bond acceptors (Lipinski definition) is 8. The lowest BCUT2D eigenvalue weighted by atomic mass is 10.1. The summed E-state index contributed by atoms with van der Waals surface area (Å²) in [5, 5.41) is 4.26. The maximum Gasteiger partial charge on any atom is 0.180 e. The van der Waals surface area contributed by atoms with E-state index in [0.717, 1.165) is 38.9 Å². The Morgan fingerprint density at radius 1 is 1.33 bits per heavy atom. The van der Waals surface area contributed by atoms with Gasteiger partial charge in [0, 0.05) is 36.3 Å². The molecule has 0 fully saturated rings. The third-order valence-corrected chi connectivity index (χ3v) is 5.38. The minimum Gasteiger partial charge on any atom is -0.331 e. The van der Waals surface area contributed by atoms with E-state index in [4.69, 9.17) is 5.84 Å². The average Bonchev–Trinajstić information content (AvgIpc) is 3.35. The van der Waals surface area contributed by atoms with Crippen molar-refractivity contribution in [3.63, 3.8) is 0 Å². The fourth-order valence-corrected chi connectivity index (χ4v) is 3.84. The summed E-state index contributed by atoms with van der Waals surface area (Å²) in [5.41, 5.74) is 8.94. The smallest absolute Gasteiger partial charge is 0.180 e. The second-order valence-corrected chi connectivity index (χ2v) is 7.59. The van der Waals surface area contributed by atoms with Gasteiger partial charge < -0.3 is 10.7 Å². The molecule has 4 aromatic rings. The molecule has 4 rings (SSSR count). The standard InChI is InChI=1S/C21H22N8S/c1-4-15(10-25-22)18-11-24-21-20(26-14(3)12-29(18)21)27-19-9-16(28-30-19)8-17-13(2)6-5-7-23-17/h4-7,9-12,25H,1,8,22H2,2-3H3,(H,26,27)/b15-10+. The number of hydrazine groups is 1. The topological polar surface area (TPSA) is 106 Å². The monoisotopic (exact) mass is 418 g/mol. The molecular weight excluding hydrogens is 396 g/mol. The highest BCUT2D eigenvalue weighted by Crippen LogP contribution is 2.27. The quantitative estimate of drug-likeness (QED) is 0.239. The van der Waals surface area contributed by atoms with Gasteiger partial charge in [-0.1, -0.05) is 18.7 Å². The molecule has 0 bridgehead atoms. The summed E-state index contributed by atoms with van der Waals surface area (Å²) in [7, 11) is 0. The molecular formula is C21H22N8S. The minimum absolute atomic E-state index is 0.662. The molecule has 0 radical (unpaired) electrons. The van der Waals surface area contributed by atoms with E-state index in [2.05, 4.69) is 49.6 Å². The Kier molecular flexibility index (Phi) is 5.55. The van der Waals surface area contributed by atoms with Crippen molar-refractivity contribution in [2.75, 3.05) is 5.32 Å². The van der Waals surface area contributed by atoms with Gasteiger partial charge in [0.25, 0.3) is 0 Å². The first-order chi connectivity index (χ1) is 14.6. The molecule has 152 valence electrons. The molecule has 4 N–H and O–H groups in total. The maximum atomic E-state index is 5.45. The van der Waals surface area contributed by atoms with Crippen LogP contribution in [0, 0.1) is 13.8 Å². The van der Waals surface area contributed by atoms with E-state index in [-0.39, 0.29) is 0 Å². The summed E-state index contributed by atoms with van der Waals surface area (Å²) >= 11 is 1.39. The number of aryl methyl sites for hydroxylation is 2. The first kappa shape index (κ1) is 19.7. The number of hydrogen-bond donors (Lipinski definition) is 3. The number of anilines is 2. The first-order valence-electron chi connectivity index (χ1n) is 9.36. The number of allylic oxidation sites excluding steroid dienone is 2. The van der Waals surface area contributed by atoms with E-state index >= 15 is 0 Å². The molecule has 0 aliphatic rings. The van der Waals surface area contributed by atoms with Gasteiger partial charge in [0.05, 0.1) is 23.3 Å². The summed E-state index contributed by atoms with van der Waals surface area (Å²) in [5.74, 6) is 6.11. The van der Waals surface area contributed by atoms with Crippen LogP contribution in [0.15, 0.2) is 55.6 Å². The fraction of sp³-hybridized carbons (Fsp3) is 0.143. The Morgan fingerprint density at radius 2 is 2.20 bits per heavy atom. The van der Waals surface area contributed by atoms with Gasteiger partial charge in [-0.2, -0.15) is 4.37 Å². The molecule has 4 heterocycles. The molecule has 0 amide bonds. The Hall–Kier alpha value is -3.56. The fourth-order valence-electron chi connectivity index (χ4n) is 3.18. The Labute approximate surface area is 178 Å². The second kappa shape index (κ2) is 8.44. The molecule has 0 saturated carbocycles. The van der Waals surface area contributed by atoms with Crippen LogP contribution in [0.2, 0.25) is 0 Å². The summed E-state index contributed by atoms with van der Waals surface area (Å²) in [6.45, 7) is 7.85. The van der Waals surface area contributed by atoms with E-state index in [1.807, 2.05) is 35.9 Å². The number of imidazole rings is 1. The zero-order valence-corrected chi connectivity index (χ0v) is 17.6. The van der Waals surface area contributed by atoms with Crippen LogP contribution in [-0.4, -0.2) is 23.7 Å². The molecule has 0 atom stereocenters. The molecule has 9 heteroatoms. The van der Waals surface area contributed by atoms with Gasteiger partial charge in [0.1, 0.15) is 5.00 Å². The van der Waals surface area contributed by atoms with Crippen molar-refractivity contribution in [1.82, 2.24) is 29.2 Å². The van der Waals surface area contributed by atoms with Crippen LogP contribution in [0.5, 0.6) is 0 Å². The number of nitrogens with zero attached hydrogens (tertiary/aromatic N) is 5. The number of rotatable bonds is 7. The van der Waals surface area contributed by atoms with Gasteiger partial charge >= 0.3 is 0 Å². The average molecular weight is 419 g/mol. The minimum atomic E-state index is 0.662. The van der Waals surface area contributed by atoms with Crippen molar-refractivity contribution in [3.8, 4) is 0 Å². The highest BCUT2D eigenvalue weighted by molar-refractivity contribution is 7.10. The summed E-state index contributed by atoms with van der Waals surface area (Å²) in [6, 6.07) is 6.02. The predicted octanol–water partition coefficient (Wildman–Crippen LogP) is 3.52. The van der Waals surface area contributed by atoms with Crippen molar-refractivity contribution in [2.45, 2.75) is 20.3 Å². The molecule has 0 spiro atoms. The van der Waals surface area contributed by atoms with E-state index in [1.165, 1.54) is 11.5 Å². The van der Waals surface area contributed by atoms with Crippen LogP contribution in [-0.2, 0) is 6.42 Å². The van der Waals surface area contributed by atoms with Crippen molar-refractivity contribution >= 4 is 33.6 Å². The Balaban J connectivity index is 1.64.